The van der Waals surface area contributed by atoms with Crippen molar-refractivity contribution >= 4 is 46.6 Å². The van der Waals surface area contributed by atoms with Crippen molar-refractivity contribution in [1.82, 2.24) is 14.8 Å². The normalized spacial score (nSPS) is 10.8. The highest BCUT2D eigenvalue weighted by atomic mass is 35.5. The van der Waals surface area contributed by atoms with Gasteiger partial charge in [0, 0.05) is 22.7 Å². The minimum absolute atomic E-state index is 0.0444. The number of carbonyl (C=O) groups excluding carboxylic acids is 1. The summed E-state index contributed by atoms with van der Waals surface area (Å²) in [5.41, 5.74) is 0.907. The van der Waals surface area contributed by atoms with Gasteiger partial charge in [0.1, 0.15) is 5.82 Å². The second kappa shape index (κ2) is 8.07. The van der Waals surface area contributed by atoms with Gasteiger partial charge in [0.25, 0.3) is 0 Å². The summed E-state index contributed by atoms with van der Waals surface area (Å²) in [5.74, 6) is -0.201. The molecule has 0 bridgehead atoms. The second-order valence-corrected chi connectivity index (χ2v) is 7.15. The van der Waals surface area contributed by atoms with Crippen LogP contribution in [0.2, 0.25) is 10.0 Å². The Bertz CT molecular complexity index is 946. The molecule has 3 aromatic rings. The highest BCUT2D eigenvalue weighted by molar-refractivity contribution is 7.99. The Labute approximate surface area is 163 Å². The molecule has 134 valence electrons. The van der Waals surface area contributed by atoms with E-state index in [9.17, 15) is 9.18 Å². The van der Waals surface area contributed by atoms with Gasteiger partial charge in [-0.1, -0.05) is 35.0 Å². The van der Waals surface area contributed by atoms with E-state index in [4.69, 9.17) is 23.2 Å². The monoisotopic (exact) mass is 410 g/mol. The molecule has 1 heterocycles. The molecule has 1 N–H and O–H groups in total. The van der Waals surface area contributed by atoms with Crippen LogP contribution < -0.4 is 5.32 Å². The quantitative estimate of drug-likeness (QED) is 0.621. The van der Waals surface area contributed by atoms with E-state index in [0.29, 0.717) is 21.0 Å². The van der Waals surface area contributed by atoms with Crippen LogP contribution in [0.25, 0.3) is 11.4 Å². The first-order valence-corrected chi connectivity index (χ1v) is 9.21. The molecule has 5 nitrogen and oxygen atoms in total. The van der Waals surface area contributed by atoms with E-state index in [1.165, 1.54) is 30.0 Å². The molecule has 0 unspecified atom stereocenters. The van der Waals surface area contributed by atoms with Crippen LogP contribution in [-0.2, 0) is 11.8 Å². The third-order valence-corrected chi connectivity index (χ3v) is 4.98. The molecule has 0 aliphatic heterocycles. The van der Waals surface area contributed by atoms with E-state index >= 15 is 0 Å². The Morgan fingerprint density at radius 1 is 1.15 bits per heavy atom. The van der Waals surface area contributed by atoms with Crippen LogP contribution in [0.15, 0.2) is 47.6 Å². The van der Waals surface area contributed by atoms with Gasteiger partial charge in [0.2, 0.25) is 5.91 Å². The summed E-state index contributed by atoms with van der Waals surface area (Å²) in [6.45, 7) is 0. The van der Waals surface area contributed by atoms with Crippen LogP contribution in [0.1, 0.15) is 0 Å². The molecule has 0 spiro atoms. The van der Waals surface area contributed by atoms with Crippen LogP contribution in [-0.4, -0.2) is 26.4 Å². The predicted octanol–water partition coefficient (Wildman–Crippen LogP) is 4.66. The van der Waals surface area contributed by atoms with E-state index in [0.717, 1.165) is 5.56 Å². The standard InChI is InChI=1S/C17H13Cl2FN4OS/c1-24-16(10-2-4-11(18)5-3-10)22-23-17(24)26-9-15(25)21-14-8-12(19)6-7-13(14)20/h2-8H,9H2,1H3,(H,21,25). The van der Waals surface area contributed by atoms with Crippen LogP contribution in [0.4, 0.5) is 10.1 Å². The molecule has 0 aliphatic rings. The maximum absolute atomic E-state index is 13.7. The lowest BCUT2D eigenvalue weighted by Gasteiger charge is -2.07. The van der Waals surface area contributed by atoms with Crippen LogP contribution >= 0.6 is 35.0 Å². The summed E-state index contributed by atoms with van der Waals surface area (Å²) in [6.07, 6.45) is 0. The third-order valence-electron chi connectivity index (χ3n) is 3.47. The molecule has 2 aromatic carbocycles. The Hall–Kier alpha value is -2.09. The van der Waals surface area contributed by atoms with E-state index in [-0.39, 0.29) is 17.3 Å². The maximum Gasteiger partial charge on any atom is 0.234 e. The number of halogens is 3. The Balaban J connectivity index is 1.65. The van der Waals surface area contributed by atoms with Crippen molar-refractivity contribution in [1.29, 1.82) is 0 Å². The van der Waals surface area contributed by atoms with Crippen molar-refractivity contribution in [3.8, 4) is 11.4 Å². The van der Waals surface area contributed by atoms with Gasteiger partial charge in [0.05, 0.1) is 11.4 Å². The van der Waals surface area contributed by atoms with Crippen LogP contribution in [0.5, 0.6) is 0 Å². The SMILES string of the molecule is Cn1c(SCC(=O)Nc2cc(Cl)ccc2F)nnc1-c1ccc(Cl)cc1. The number of carbonyl (C=O) groups is 1. The number of amides is 1. The average Bonchev–Trinajstić information content (AvgIpc) is 2.98. The Morgan fingerprint density at radius 2 is 1.85 bits per heavy atom. The summed E-state index contributed by atoms with van der Waals surface area (Å²) >= 11 is 12.9. The van der Waals surface area contributed by atoms with Crippen molar-refractivity contribution in [2.24, 2.45) is 7.05 Å². The number of nitrogens with one attached hydrogen (secondary N) is 1. The number of anilines is 1. The number of benzene rings is 2. The zero-order valence-electron chi connectivity index (χ0n) is 13.5. The zero-order chi connectivity index (χ0) is 18.7. The molecule has 0 atom stereocenters. The number of thioether (sulfide) groups is 1. The van der Waals surface area contributed by atoms with Crippen LogP contribution in [0.3, 0.4) is 0 Å². The summed E-state index contributed by atoms with van der Waals surface area (Å²) in [7, 11) is 1.81. The van der Waals surface area contributed by atoms with Crippen molar-refractivity contribution in [3.63, 3.8) is 0 Å². The van der Waals surface area contributed by atoms with Gasteiger partial charge in [-0.25, -0.2) is 4.39 Å². The number of hydrogen-bond acceptors (Lipinski definition) is 4. The number of hydrogen-bond donors (Lipinski definition) is 1. The van der Waals surface area contributed by atoms with Crippen molar-refractivity contribution in [2.75, 3.05) is 11.1 Å². The highest BCUT2D eigenvalue weighted by Crippen LogP contribution is 2.24. The second-order valence-electron chi connectivity index (χ2n) is 5.33. The molecule has 0 radical (unpaired) electrons. The largest absolute Gasteiger partial charge is 0.323 e. The van der Waals surface area contributed by atoms with Gasteiger partial charge in [-0.15, -0.1) is 10.2 Å². The molecule has 9 heteroatoms. The molecule has 0 saturated carbocycles. The molecule has 3 rings (SSSR count). The lowest BCUT2D eigenvalue weighted by molar-refractivity contribution is -0.113. The number of rotatable bonds is 5. The Kier molecular flexibility index (Phi) is 5.80. The molecular weight excluding hydrogens is 398 g/mol. The summed E-state index contributed by atoms with van der Waals surface area (Å²) in [5, 5.41) is 12.3. The fourth-order valence-electron chi connectivity index (χ4n) is 2.20. The predicted molar refractivity (Wildman–Crippen MR) is 102 cm³/mol. The van der Waals surface area contributed by atoms with E-state index < -0.39 is 5.82 Å². The van der Waals surface area contributed by atoms with Crippen molar-refractivity contribution < 1.29 is 9.18 Å². The van der Waals surface area contributed by atoms with E-state index in [1.807, 2.05) is 12.1 Å². The maximum atomic E-state index is 13.7. The molecule has 1 amide bonds. The van der Waals surface area contributed by atoms with Gasteiger partial charge in [0.15, 0.2) is 11.0 Å². The number of aromatic nitrogens is 3. The Morgan fingerprint density at radius 3 is 2.58 bits per heavy atom. The van der Waals surface area contributed by atoms with Crippen LogP contribution in [0, 0.1) is 5.82 Å². The fraction of sp³-hybridized carbons (Fsp3) is 0.118. The lowest BCUT2D eigenvalue weighted by atomic mass is 10.2. The molecular formula is C17H13Cl2FN4OS. The first-order chi connectivity index (χ1) is 12.4. The van der Waals surface area contributed by atoms with Gasteiger partial charge < -0.3 is 9.88 Å². The molecule has 1 aromatic heterocycles. The van der Waals surface area contributed by atoms with Gasteiger partial charge in [-0.2, -0.15) is 0 Å². The fourth-order valence-corrected chi connectivity index (χ4v) is 3.21. The molecule has 0 saturated heterocycles. The highest BCUT2D eigenvalue weighted by Gasteiger charge is 2.14. The number of nitrogens with zero attached hydrogens (tertiary/aromatic N) is 3. The topological polar surface area (TPSA) is 59.8 Å². The first-order valence-electron chi connectivity index (χ1n) is 7.47. The first kappa shape index (κ1) is 18.7. The van der Waals surface area contributed by atoms with Gasteiger partial charge in [-0.05, 0) is 42.5 Å². The van der Waals surface area contributed by atoms with Crippen molar-refractivity contribution in [2.45, 2.75) is 5.16 Å². The van der Waals surface area contributed by atoms with Gasteiger partial charge in [-0.3, -0.25) is 4.79 Å². The zero-order valence-corrected chi connectivity index (χ0v) is 15.9. The van der Waals surface area contributed by atoms with Crippen molar-refractivity contribution in [3.05, 3.63) is 58.3 Å². The average molecular weight is 411 g/mol. The van der Waals surface area contributed by atoms with E-state index in [1.54, 1.807) is 23.7 Å². The molecule has 26 heavy (non-hydrogen) atoms. The smallest absolute Gasteiger partial charge is 0.234 e. The summed E-state index contributed by atoms with van der Waals surface area (Å²) in [4.78, 5) is 12.1. The van der Waals surface area contributed by atoms with E-state index in [2.05, 4.69) is 15.5 Å². The summed E-state index contributed by atoms with van der Waals surface area (Å²) < 4.78 is 15.4. The lowest BCUT2D eigenvalue weighted by Crippen LogP contribution is -2.15. The molecule has 0 fully saturated rings. The minimum atomic E-state index is -0.545. The third kappa shape index (κ3) is 4.35. The van der Waals surface area contributed by atoms with Gasteiger partial charge >= 0.3 is 0 Å². The minimum Gasteiger partial charge on any atom is -0.323 e. The molecule has 0 aliphatic carbocycles. The summed E-state index contributed by atoms with van der Waals surface area (Å²) in [6, 6.07) is 11.2.